The zero-order valence-corrected chi connectivity index (χ0v) is 15.2. The first kappa shape index (κ1) is 18.0. The summed E-state index contributed by atoms with van der Waals surface area (Å²) in [5, 5.41) is 3.54. The summed E-state index contributed by atoms with van der Waals surface area (Å²) in [6.45, 7) is 1.94. The van der Waals surface area contributed by atoms with Crippen molar-refractivity contribution in [3.05, 3.63) is 101 Å². The number of nitrogens with one attached hydrogen (secondary N) is 1. The quantitative estimate of drug-likeness (QED) is 0.672. The summed E-state index contributed by atoms with van der Waals surface area (Å²) in [7, 11) is 0. The lowest BCUT2D eigenvalue weighted by molar-refractivity contribution is -0.123. The van der Waals surface area contributed by atoms with Crippen molar-refractivity contribution in [2.45, 2.75) is 13.0 Å². The number of halogens is 1. The van der Waals surface area contributed by atoms with Crippen LogP contribution in [0.25, 0.3) is 0 Å². The fraction of sp³-hybridized carbons (Fsp3) is 0.136. The monoisotopic (exact) mass is 365 g/mol. The number of amides is 1. The van der Waals surface area contributed by atoms with Gasteiger partial charge in [-0.3, -0.25) is 4.79 Å². The van der Waals surface area contributed by atoms with Gasteiger partial charge < -0.3 is 10.1 Å². The number of carbonyl (C=O) groups excluding carboxylic acids is 1. The minimum absolute atomic E-state index is 0.0983. The molecule has 0 unspecified atom stereocenters. The highest BCUT2D eigenvalue weighted by atomic mass is 35.5. The van der Waals surface area contributed by atoms with Gasteiger partial charge in [-0.2, -0.15) is 0 Å². The molecule has 3 nitrogen and oxygen atoms in total. The largest absolute Gasteiger partial charge is 0.482 e. The van der Waals surface area contributed by atoms with Crippen LogP contribution >= 0.6 is 11.6 Å². The minimum atomic E-state index is -0.237. The summed E-state index contributed by atoms with van der Waals surface area (Å²) in [6, 6.07) is 24.9. The second-order valence-corrected chi connectivity index (χ2v) is 6.45. The Bertz CT molecular complexity index is 863. The standard InChI is InChI=1S/C22H20ClNO2/c1-16-11-13-18(14-12-16)22(17-7-3-2-4-8-17)24-21(25)15-26-20-10-6-5-9-19(20)23/h2-14,22H,15H2,1H3,(H,24,25)/t22-/m1/s1. The lowest BCUT2D eigenvalue weighted by atomic mass is 9.98. The van der Waals surface area contributed by atoms with Crippen molar-refractivity contribution in [2.24, 2.45) is 0 Å². The van der Waals surface area contributed by atoms with Crippen LogP contribution in [0, 0.1) is 6.92 Å². The molecule has 1 N–H and O–H groups in total. The van der Waals surface area contributed by atoms with Gasteiger partial charge >= 0.3 is 0 Å². The van der Waals surface area contributed by atoms with E-state index in [4.69, 9.17) is 16.3 Å². The van der Waals surface area contributed by atoms with Crippen molar-refractivity contribution in [1.29, 1.82) is 0 Å². The summed E-state index contributed by atoms with van der Waals surface area (Å²) < 4.78 is 5.55. The van der Waals surface area contributed by atoms with Crippen molar-refractivity contribution in [2.75, 3.05) is 6.61 Å². The molecule has 0 aromatic heterocycles. The van der Waals surface area contributed by atoms with E-state index in [0.29, 0.717) is 10.8 Å². The fourth-order valence-corrected chi connectivity index (χ4v) is 2.86. The van der Waals surface area contributed by atoms with Crippen LogP contribution in [0.2, 0.25) is 5.02 Å². The zero-order valence-electron chi connectivity index (χ0n) is 14.5. The smallest absolute Gasteiger partial charge is 0.258 e. The summed E-state index contributed by atoms with van der Waals surface area (Å²) >= 11 is 6.06. The summed E-state index contributed by atoms with van der Waals surface area (Å²) in [5.74, 6) is 0.287. The number of hydrogen-bond donors (Lipinski definition) is 1. The Morgan fingerprint density at radius 3 is 2.23 bits per heavy atom. The minimum Gasteiger partial charge on any atom is -0.482 e. The second-order valence-electron chi connectivity index (χ2n) is 6.04. The molecule has 0 radical (unpaired) electrons. The predicted octanol–water partition coefficient (Wildman–Crippen LogP) is 4.93. The lowest BCUT2D eigenvalue weighted by Crippen LogP contribution is -2.33. The number of aryl methyl sites for hydroxylation is 1. The van der Waals surface area contributed by atoms with Gasteiger partial charge in [0.05, 0.1) is 11.1 Å². The van der Waals surface area contributed by atoms with Crippen LogP contribution in [0.4, 0.5) is 0 Å². The van der Waals surface area contributed by atoms with Gasteiger partial charge in [-0.05, 0) is 30.2 Å². The number of hydrogen-bond acceptors (Lipinski definition) is 2. The van der Waals surface area contributed by atoms with Gasteiger partial charge in [-0.1, -0.05) is 83.9 Å². The number of benzene rings is 3. The first-order valence-electron chi connectivity index (χ1n) is 8.41. The molecule has 1 atom stereocenters. The van der Waals surface area contributed by atoms with E-state index < -0.39 is 0 Å². The molecule has 0 spiro atoms. The molecule has 0 aliphatic rings. The Morgan fingerprint density at radius 2 is 1.54 bits per heavy atom. The average molecular weight is 366 g/mol. The zero-order chi connectivity index (χ0) is 18.4. The molecule has 3 aromatic carbocycles. The first-order valence-corrected chi connectivity index (χ1v) is 8.79. The van der Waals surface area contributed by atoms with E-state index in [1.54, 1.807) is 12.1 Å². The van der Waals surface area contributed by atoms with Crippen molar-refractivity contribution in [3.8, 4) is 5.75 Å². The lowest BCUT2D eigenvalue weighted by Gasteiger charge is -2.20. The maximum absolute atomic E-state index is 12.5. The molecule has 26 heavy (non-hydrogen) atoms. The molecule has 0 saturated heterocycles. The van der Waals surface area contributed by atoms with Crippen LogP contribution in [-0.4, -0.2) is 12.5 Å². The number of rotatable bonds is 6. The Hall–Kier alpha value is -2.78. The third-order valence-electron chi connectivity index (χ3n) is 4.04. The normalized spacial score (nSPS) is 11.6. The molecule has 3 aromatic rings. The van der Waals surface area contributed by atoms with Crippen molar-refractivity contribution >= 4 is 17.5 Å². The SMILES string of the molecule is Cc1ccc([C@H](NC(=O)COc2ccccc2Cl)c2ccccc2)cc1. The van der Waals surface area contributed by atoms with E-state index in [-0.39, 0.29) is 18.6 Å². The van der Waals surface area contributed by atoms with E-state index in [9.17, 15) is 4.79 Å². The van der Waals surface area contributed by atoms with Crippen LogP contribution in [0.5, 0.6) is 5.75 Å². The highest BCUT2D eigenvalue weighted by molar-refractivity contribution is 6.32. The Morgan fingerprint density at radius 1 is 0.923 bits per heavy atom. The van der Waals surface area contributed by atoms with Gasteiger partial charge in [-0.25, -0.2) is 0 Å². The third kappa shape index (κ3) is 4.64. The van der Waals surface area contributed by atoms with Crippen molar-refractivity contribution < 1.29 is 9.53 Å². The van der Waals surface area contributed by atoms with Crippen LogP contribution in [0.1, 0.15) is 22.7 Å². The second kappa shape index (κ2) is 8.54. The molecule has 0 saturated carbocycles. The fourth-order valence-electron chi connectivity index (χ4n) is 2.67. The van der Waals surface area contributed by atoms with Gasteiger partial charge in [0.25, 0.3) is 5.91 Å². The van der Waals surface area contributed by atoms with Crippen molar-refractivity contribution in [1.82, 2.24) is 5.32 Å². The van der Waals surface area contributed by atoms with Gasteiger partial charge in [0.15, 0.2) is 6.61 Å². The van der Waals surface area contributed by atoms with Crippen molar-refractivity contribution in [3.63, 3.8) is 0 Å². The van der Waals surface area contributed by atoms with E-state index in [1.807, 2.05) is 73.7 Å². The Labute approximate surface area is 158 Å². The molecule has 0 bridgehead atoms. The highest BCUT2D eigenvalue weighted by Gasteiger charge is 2.17. The van der Waals surface area contributed by atoms with Gasteiger partial charge in [-0.15, -0.1) is 0 Å². The molecule has 1 amide bonds. The molecule has 3 rings (SSSR count). The molecule has 0 heterocycles. The number of ether oxygens (including phenoxy) is 1. The van der Waals surface area contributed by atoms with E-state index in [2.05, 4.69) is 5.32 Å². The third-order valence-corrected chi connectivity index (χ3v) is 4.36. The summed E-state index contributed by atoms with van der Waals surface area (Å²) in [4.78, 5) is 12.5. The predicted molar refractivity (Wildman–Crippen MR) is 105 cm³/mol. The molecule has 0 fully saturated rings. The first-order chi connectivity index (χ1) is 12.6. The van der Waals surface area contributed by atoms with Gasteiger partial charge in [0, 0.05) is 0 Å². The maximum Gasteiger partial charge on any atom is 0.258 e. The molecule has 4 heteroatoms. The van der Waals surface area contributed by atoms with E-state index in [1.165, 1.54) is 5.56 Å². The van der Waals surface area contributed by atoms with Crippen LogP contribution in [0.15, 0.2) is 78.9 Å². The molecular formula is C22H20ClNO2. The maximum atomic E-state index is 12.5. The topological polar surface area (TPSA) is 38.3 Å². The summed E-state index contributed by atoms with van der Waals surface area (Å²) in [6.07, 6.45) is 0. The van der Waals surface area contributed by atoms with Crippen LogP contribution in [0.3, 0.4) is 0 Å². The Kier molecular flexibility index (Phi) is 5.92. The number of para-hydroxylation sites is 1. The van der Waals surface area contributed by atoms with Crippen LogP contribution in [-0.2, 0) is 4.79 Å². The average Bonchev–Trinajstić information content (AvgIpc) is 2.67. The Balaban J connectivity index is 1.74. The molecule has 0 aliphatic carbocycles. The molecule has 132 valence electrons. The van der Waals surface area contributed by atoms with Gasteiger partial charge in [0.2, 0.25) is 0 Å². The number of carbonyl (C=O) groups is 1. The van der Waals surface area contributed by atoms with E-state index >= 15 is 0 Å². The molecule has 0 aliphatic heterocycles. The van der Waals surface area contributed by atoms with Gasteiger partial charge in [0.1, 0.15) is 5.75 Å². The van der Waals surface area contributed by atoms with E-state index in [0.717, 1.165) is 11.1 Å². The summed E-state index contributed by atoms with van der Waals surface area (Å²) in [5.41, 5.74) is 3.21. The highest BCUT2D eigenvalue weighted by Crippen LogP contribution is 2.24. The molecular weight excluding hydrogens is 346 g/mol. The van der Waals surface area contributed by atoms with Crippen LogP contribution < -0.4 is 10.1 Å².